The number of rotatable bonds is 6. The zero-order chi connectivity index (χ0) is 13.7. The fraction of sp³-hybridized carbons (Fsp3) is 0.500. The first-order chi connectivity index (χ1) is 8.47. The first-order valence-corrected chi connectivity index (χ1v) is 6.58. The minimum absolute atomic E-state index is 0.254. The normalized spacial score (nSPS) is 10.2. The van der Waals surface area contributed by atoms with Crippen molar-refractivity contribution in [1.82, 2.24) is 0 Å². The standard InChI is InChI=1S/C12H18N2O3S/c1-4-17-9(15)5-6-14-12-10(11(13)16)7(2)8(3)18-12/h14H,4-6H2,1-3H3,(H2,13,16). The summed E-state index contributed by atoms with van der Waals surface area (Å²) in [5.41, 5.74) is 6.75. The van der Waals surface area contributed by atoms with Crippen molar-refractivity contribution in [2.75, 3.05) is 18.5 Å². The minimum atomic E-state index is -0.449. The Bertz CT molecular complexity index is 454. The first kappa shape index (κ1) is 14.5. The molecule has 0 saturated heterocycles. The van der Waals surface area contributed by atoms with Gasteiger partial charge in [0.1, 0.15) is 5.00 Å². The van der Waals surface area contributed by atoms with Gasteiger partial charge in [0.25, 0.3) is 5.91 Å². The lowest BCUT2D eigenvalue weighted by Gasteiger charge is -2.05. The lowest BCUT2D eigenvalue weighted by molar-refractivity contribution is -0.142. The van der Waals surface area contributed by atoms with Crippen LogP contribution >= 0.6 is 11.3 Å². The monoisotopic (exact) mass is 270 g/mol. The Morgan fingerprint density at radius 2 is 2.06 bits per heavy atom. The van der Waals surface area contributed by atoms with Crippen LogP contribution in [-0.2, 0) is 9.53 Å². The van der Waals surface area contributed by atoms with E-state index in [4.69, 9.17) is 10.5 Å². The fourth-order valence-corrected chi connectivity index (χ4v) is 2.65. The number of carbonyl (C=O) groups excluding carboxylic acids is 2. The molecule has 0 atom stereocenters. The molecular formula is C12H18N2O3S. The lowest BCUT2D eigenvalue weighted by Crippen LogP contribution is -2.16. The second-order valence-corrected chi connectivity index (χ2v) is 5.06. The minimum Gasteiger partial charge on any atom is -0.466 e. The van der Waals surface area contributed by atoms with Crippen molar-refractivity contribution in [2.24, 2.45) is 5.73 Å². The molecule has 18 heavy (non-hydrogen) atoms. The second kappa shape index (κ2) is 6.39. The van der Waals surface area contributed by atoms with Gasteiger partial charge in [-0.15, -0.1) is 11.3 Å². The number of thiophene rings is 1. The Morgan fingerprint density at radius 3 is 2.61 bits per heavy atom. The highest BCUT2D eigenvalue weighted by Crippen LogP contribution is 2.31. The summed E-state index contributed by atoms with van der Waals surface area (Å²) in [7, 11) is 0. The maximum Gasteiger partial charge on any atom is 0.307 e. The smallest absolute Gasteiger partial charge is 0.307 e. The van der Waals surface area contributed by atoms with Gasteiger partial charge in [-0.05, 0) is 26.3 Å². The average Bonchev–Trinajstić information content (AvgIpc) is 2.55. The predicted octanol–water partition coefficient (Wildman–Crippen LogP) is 1.83. The second-order valence-electron chi connectivity index (χ2n) is 3.83. The molecule has 1 aromatic heterocycles. The highest BCUT2D eigenvalue weighted by atomic mass is 32.1. The van der Waals surface area contributed by atoms with Gasteiger partial charge in [-0.3, -0.25) is 9.59 Å². The molecule has 0 aliphatic carbocycles. The predicted molar refractivity (Wildman–Crippen MR) is 72.1 cm³/mol. The van der Waals surface area contributed by atoms with E-state index in [0.717, 1.165) is 15.4 Å². The van der Waals surface area contributed by atoms with E-state index in [2.05, 4.69) is 5.32 Å². The van der Waals surface area contributed by atoms with E-state index >= 15 is 0 Å². The van der Waals surface area contributed by atoms with E-state index in [1.807, 2.05) is 13.8 Å². The van der Waals surface area contributed by atoms with Crippen molar-refractivity contribution in [3.63, 3.8) is 0 Å². The van der Waals surface area contributed by atoms with Crippen molar-refractivity contribution >= 4 is 28.2 Å². The largest absolute Gasteiger partial charge is 0.466 e. The Balaban J connectivity index is 2.65. The molecule has 0 unspecified atom stereocenters. The van der Waals surface area contributed by atoms with E-state index in [1.165, 1.54) is 11.3 Å². The molecule has 0 spiro atoms. The summed E-state index contributed by atoms with van der Waals surface area (Å²) in [6.45, 7) is 6.37. The third-order valence-corrected chi connectivity index (χ3v) is 3.72. The van der Waals surface area contributed by atoms with Gasteiger partial charge in [0.15, 0.2) is 0 Å². The van der Waals surface area contributed by atoms with E-state index in [1.54, 1.807) is 6.92 Å². The molecule has 0 aliphatic rings. The number of esters is 1. The van der Waals surface area contributed by atoms with Gasteiger partial charge in [-0.2, -0.15) is 0 Å². The summed E-state index contributed by atoms with van der Waals surface area (Å²) in [6, 6.07) is 0. The Labute approximate surface area is 110 Å². The molecule has 0 saturated carbocycles. The summed E-state index contributed by atoms with van der Waals surface area (Å²) in [5, 5.41) is 3.79. The summed E-state index contributed by atoms with van der Waals surface area (Å²) < 4.78 is 4.82. The highest BCUT2D eigenvalue weighted by molar-refractivity contribution is 7.16. The maximum atomic E-state index is 11.4. The number of ether oxygens (including phenoxy) is 1. The molecule has 5 nitrogen and oxygen atoms in total. The van der Waals surface area contributed by atoms with Crippen molar-refractivity contribution in [3.8, 4) is 0 Å². The number of amides is 1. The number of hydrogen-bond donors (Lipinski definition) is 2. The summed E-state index contributed by atoms with van der Waals surface area (Å²) in [4.78, 5) is 23.6. The molecule has 0 bridgehead atoms. The van der Waals surface area contributed by atoms with Crippen molar-refractivity contribution in [3.05, 3.63) is 16.0 Å². The fourth-order valence-electron chi connectivity index (χ4n) is 1.56. The van der Waals surface area contributed by atoms with Crippen LogP contribution in [0.2, 0.25) is 0 Å². The van der Waals surface area contributed by atoms with E-state index in [0.29, 0.717) is 18.7 Å². The van der Waals surface area contributed by atoms with Crippen LogP contribution in [0.3, 0.4) is 0 Å². The van der Waals surface area contributed by atoms with Crippen molar-refractivity contribution < 1.29 is 14.3 Å². The van der Waals surface area contributed by atoms with Crippen LogP contribution in [0.25, 0.3) is 0 Å². The molecule has 0 fully saturated rings. The van der Waals surface area contributed by atoms with Crippen LogP contribution in [0.1, 0.15) is 34.1 Å². The zero-order valence-electron chi connectivity index (χ0n) is 10.8. The molecule has 1 amide bonds. The molecule has 6 heteroatoms. The van der Waals surface area contributed by atoms with Gasteiger partial charge in [0, 0.05) is 11.4 Å². The van der Waals surface area contributed by atoms with Crippen LogP contribution in [0, 0.1) is 13.8 Å². The summed E-state index contributed by atoms with van der Waals surface area (Å²) in [6.07, 6.45) is 0.266. The summed E-state index contributed by atoms with van der Waals surface area (Å²) >= 11 is 1.47. The number of primary amides is 1. The average molecular weight is 270 g/mol. The molecular weight excluding hydrogens is 252 g/mol. The topological polar surface area (TPSA) is 81.4 Å². The van der Waals surface area contributed by atoms with Gasteiger partial charge in [0.05, 0.1) is 18.6 Å². The number of carbonyl (C=O) groups is 2. The van der Waals surface area contributed by atoms with E-state index in [-0.39, 0.29) is 12.4 Å². The molecule has 100 valence electrons. The maximum absolute atomic E-state index is 11.4. The molecule has 1 rings (SSSR count). The van der Waals surface area contributed by atoms with Crippen LogP contribution in [-0.4, -0.2) is 25.0 Å². The molecule has 0 aromatic carbocycles. The number of hydrogen-bond acceptors (Lipinski definition) is 5. The quantitative estimate of drug-likeness (QED) is 0.773. The van der Waals surface area contributed by atoms with Crippen LogP contribution in [0.5, 0.6) is 0 Å². The van der Waals surface area contributed by atoms with Crippen LogP contribution in [0.4, 0.5) is 5.00 Å². The number of anilines is 1. The zero-order valence-corrected chi connectivity index (χ0v) is 11.6. The summed E-state index contributed by atoms with van der Waals surface area (Å²) in [5.74, 6) is -0.703. The first-order valence-electron chi connectivity index (χ1n) is 5.76. The molecule has 1 aromatic rings. The van der Waals surface area contributed by atoms with Gasteiger partial charge in [-0.25, -0.2) is 0 Å². The SMILES string of the molecule is CCOC(=O)CCNc1sc(C)c(C)c1C(N)=O. The molecule has 1 heterocycles. The number of nitrogens with one attached hydrogen (secondary N) is 1. The van der Waals surface area contributed by atoms with Crippen LogP contribution < -0.4 is 11.1 Å². The Morgan fingerprint density at radius 1 is 1.39 bits per heavy atom. The molecule has 0 aliphatic heterocycles. The molecule has 3 N–H and O–H groups in total. The Kier molecular flexibility index (Phi) is 5.15. The number of nitrogens with two attached hydrogens (primary N) is 1. The van der Waals surface area contributed by atoms with Gasteiger partial charge < -0.3 is 15.8 Å². The van der Waals surface area contributed by atoms with E-state index in [9.17, 15) is 9.59 Å². The van der Waals surface area contributed by atoms with Gasteiger partial charge >= 0.3 is 5.97 Å². The van der Waals surface area contributed by atoms with Crippen molar-refractivity contribution in [2.45, 2.75) is 27.2 Å². The number of aryl methyl sites for hydroxylation is 1. The van der Waals surface area contributed by atoms with Crippen molar-refractivity contribution in [1.29, 1.82) is 0 Å². The molecule has 0 radical (unpaired) electrons. The van der Waals surface area contributed by atoms with E-state index < -0.39 is 5.91 Å². The van der Waals surface area contributed by atoms with Gasteiger partial charge in [0.2, 0.25) is 0 Å². The third kappa shape index (κ3) is 3.46. The Hall–Kier alpha value is -1.56. The lowest BCUT2D eigenvalue weighted by atomic mass is 10.1. The highest BCUT2D eigenvalue weighted by Gasteiger charge is 2.17. The van der Waals surface area contributed by atoms with Gasteiger partial charge in [-0.1, -0.05) is 0 Å². The third-order valence-electron chi connectivity index (χ3n) is 2.55. The van der Waals surface area contributed by atoms with Crippen LogP contribution in [0.15, 0.2) is 0 Å².